The molecule has 0 saturated carbocycles. The number of hydrogen-bond donors (Lipinski definition) is 2. The van der Waals surface area contributed by atoms with Gasteiger partial charge in [0.25, 0.3) is 0 Å². The Morgan fingerprint density at radius 3 is 2.68 bits per heavy atom. The lowest BCUT2D eigenvalue weighted by Gasteiger charge is -2.06. The number of hydrogen-bond acceptors (Lipinski definition) is 3. The van der Waals surface area contributed by atoms with Crippen LogP contribution >= 0.6 is 11.3 Å². The number of rotatable bonds is 5. The summed E-state index contributed by atoms with van der Waals surface area (Å²) in [6.07, 6.45) is -2.67. The molecule has 0 bridgehead atoms. The number of halogens is 3. The van der Waals surface area contributed by atoms with Crippen LogP contribution in [0.2, 0.25) is 0 Å². The molecule has 0 saturated heterocycles. The number of anilines is 1. The third-order valence-corrected chi connectivity index (χ3v) is 3.02. The first-order chi connectivity index (χ1) is 8.79. The Balaban J connectivity index is 2.34. The van der Waals surface area contributed by atoms with Crippen molar-refractivity contribution < 1.29 is 18.0 Å². The summed E-state index contributed by atoms with van der Waals surface area (Å²) in [5, 5.41) is 5.66. The Bertz CT molecular complexity index is 418. The van der Waals surface area contributed by atoms with E-state index in [0.717, 1.165) is 29.6 Å². The molecule has 1 rings (SSSR count). The van der Waals surface area contributed by atoms with Crippen LogP contribution in [0.1, 0.15) is 32.4 Å². The minimum atomic E-state index is -4.48. The lowest BCUT2D eigenvalue weighted by atomic mass is 10.1. The van der Waals surface area contributed by atoms with Gasteiger partial charge in [-0.1, -0.05) is 13.8 Å². The van der Waals surface area contributed by atoms with Crippen LogP contribution in [0.4, 0.5) is 23.1 Å². The highest BCUT2D eigenvalue weighted by Gasteiger charge is 2.33. The number of nitrogens with zero attached hydrogens (tertiary/aromatic N) is 1. The van der Waals surface area contributed by atoms with Crippen molar-refractivity contribution in [3.8, 4) is 0 Å². The molecule has 0 fully saturated rings. The van der Waals surface area contributed by atoms with Gasteiger partial charge in [0, 0.05) is 11.9 Å². The Hall–Kier alpha value is -1.31. The van der Waals surface area contributed by atoms with Gasteiger partial charge in [-0.25, -0.2) is 9.78 Å². The van der Waals surface area contributed by atoms with Crippen LogP contribution in [0.15, 0.2) is 5.38 Å². The summed E-state index contributed by atoms with van der Waals surface area (Å²) in [6.45, 7) is 4.64. The molecule has 0 unspecified atom stereocenters. The van der Waals surface area contributed by atoms with Gasteiger partial charge in [0.1, 0.15) is 0 Å². The maximum atomic E-state index is 12.3. The van der Waals surface area contributed by atoms with Crippen molar-refractivity contribution in [3.05, 3.63) is 11.1 Å². The molecular formula is C11H16F3N3OS. The first kappa shape index (κ1) is 15.7. The fraction of sp³-hybridized carbons (Fsp3) is 0.636. The lowest BCUT2D eigenvalue weighted by Crippen LogP contribution is -2.29. The number of amides is 2. The highest BCUT2D eigenvalue weighted by Crippen LogP contribution is 2.31. The molecule has 4 nitrogen and oxygen atoms in total. The van der Waals surface area contributed by atoms with Gasteiger partial charge in [-0.2, -0.15) is 13.2 Å². The van der Waals surface area contributed by atoms with Crippen molar-refractivity contribution in [1.82, 2.24) is 10.3 Å². The smallest absolute Gasteiger partial charge is 0.338 e. The highest BCUT2D eigenvalue weighted by molar-refractivity contribution is 7.13. The maximum Gasteiger partial charge on any atom is 0.434 e. The largest absolute Gasteiger partial charge is 0.434 e. The Labute approximate surface area is 113 Å². The topological polar surface area (TPSA) is 54.0 Å². The van der Waals surface area contributed by atoms with Crippen LogP contribution in [0.3, 0.4) is 0 Å². The summed E-state index contributed by atoms with van der Waals surface area (Å²) in [5.74, 6) is 0.554. The van der Waals surface area contributed by atoms with Crippen LogP contribution in [0, 0.1) is 5.92 Å². The molecule has 0 aromatic carbocycles. The van der Waals surface area contributed by atoms with Gasteiger partial charge in [-0.15, -0.1) is 11.3 Å². The lowest BCUT2D eigenvalue weighted by molar-refractivity contribution is -0.140. The summed E-state index contributed by atoms with van der Waals surface area (Å²) >= 11 is 0.746. The molecule has 0 aliphatic heterocycles. The molecule has 0 radical (unpaired) electrons. The summed E-state index contributed by atoms with van der Waals surface area (Å²) < 4.78 is 36.8. The van der Waals surface area contributed by atoms with E-state index in [9.17, 15) is 18.0 Å². The number of carbonyl (C=O) groups is 1. The van der Waals surface area contributed by atoms with Crippen molar-refractivity contribution in [2.24, 2.45) is 5.92 Å². The zero-order valence-corrected chi connectivity index (χ0v) is 11.5. The minimum absolute atomic E-state index is 0.0614. The van der Waals surface area contributed by atoms with Crippen LogP contribution in [0.5, 0.6) is 0 Å². The summed E-state index contributed by atoms with van der Waals surface area (Å²) in [6, 6.07) is -0.535. The molecule has 0 atom stereocenters. The van der Waals surface area contributed by atoms with Gasteiger partial charge in [0.05, 0.1) is 0 Å². The van der Waals surface area contributed by atoms with E-state index in [0.29, 0.717) is 12.5 Å². The Kier molecular flexibility index (Phi) is 5.59. The van der Waals surface area contributed by atoms with E-state index in [1.807, 2.05) is 0 Å². The Morgan fingerprint density at radius 2 is 2.16 bits per heavy atom. The average molecular weight is 295 g/mol. The minimum Gasteiger partial charge on any atom is -0.338 e. The molecule has 8 heteroatoms. The van der Waals surface area contributed by atoms with Crippen molar-refractivity contribution in [2.45, 2.75) is 32.9 Å². The van der Waals surface area contributed by atoms with Crippen molar-refractivity contribution >= 4 is 22.5 Å². The van der Waals surface area contributed by atoms with E-state index >= 15 is 0 Å². The normalized spacial score (nSPS) is 11.7. The van der Waals surface area contributed by atoms with Crippen molar-refractivity contribution in [2.75, 3.05) is 11.9 Å². The van der Waals surface area contributed by atoms with Gasteiger partial charge >= 0.3 is 12.2 Å². The summed E-state index contributed by atoms with van der Waals surface area (Å²) in [4.78, 5) is 14.7. The fourth-order valence-corrected chi connectivity index (χ4v) is 2.03. The van der Waals surface area contributed by atoms with Crippen molar-refractivity contribution in [3.63, 3.8) is 0 Å². The molecule has 0 aliphatic carbocycles. The first-order valence-corrected chi connectivity index (χ1v) is 6.74. The number of aromatic nitrogens is 1. The molecule has 2 amide bonds. The highest BCUT2D eigenvalue weighted by atomic mass is 32.1. The molecule has 2 N–H and O–H groups in total. The first-order valence-electron chi connectivity index (χ1n) is 5.86. The van der Waals surface area contributed by atoms with Gasteiger partial charge in [0.15, 0.2) is 10.8 Å². The van der Waals surface area contributed by atoms with Gasteiger partial charge in [-0.05, 0) is 18.8 Å². The molecule has 1 aromatic heterocycles. The number of urea groups is 1. The van der Waals surface area contributed by atoms with E-state index in [4.69, 9.17) is 0 Å². The molecule has 19 heavy (non-hydrogen) atoms. The second-order valence-electron chi connectivity index (χ2n) is 4.45. The predicted molar refractivity (Wildman–Crippen MR) is 68.2 cm³/mol. The van der Waals surface area contributed by atoms with E-state index in [-0.39, 0.29) is 5.13 Å². The van der Waals surface area contributed by atoms with E-state index < -0.39 is 17.9 Å². The standard InChI is InChI=1S/C11H16F3N3OS/c1-7(2)4-3-5-15-9(18)17-10-16-8(6-19-10)11(12,13)14/h6-7H,3-5H2,1-2H3,(H2,15,16,17,18). The second-order valence-corrected chi connectivity index (χ2v) is 5.31. The molecule has 1 heterocycles. The van der Waals surface area contributed by atoms with Crippen molar-refractivity contribution in [1.29, 1.82) is 0 Å². The van der Waals surface area contributed by atoms with Crippen LogP contribution in [-0.2, 0) is 6.18 Å². The summed E-state index contributed by atoms with van der Waals surface area (Å²) in [5.41, 5.74) is -0.993. The number of thiazole rings is 1. The number of nitrogens with one attached hydrogen (secondary N) is 2. The van der Waals surface area contributed by atoms with Crippen LogP contribution in [0.25, 0.3) is 0 Å². The zero-order chi connectivity index (χ0) is 14.5. The van der Waals surface area contributed by atoms with E-state index in [1.165, 1.54) is 0 Å². The summed E-state index contributed by atoms with van der Waals surface area (Å²) in [7, 11) is 0. The van der Waals surface area contributed by atoms with Gasteiger partial charge in [0.2, 0.25) is 0 Å². The molecule has 0 aliphatic rings. The molecular weight excluding hydrogens is 279 g/mol. The zero-order valence-electron chi connectivity index (χ0n) is 10.7. The van der Waals surface area contributed by atoms with E-state index in [1.54, 1.807) is 0 Å². The number of alkyl halides is 3. The van der Waals surface area contributed by atoms with Gasteiger partial charge in [-0.3, -0.25) is 5.32 Å². The van der Waals surface area contributed by atoms with Gasteiger partial charge < -0.3 is 5.32 Å². The fourth-order valence-electron chi connectivity index (χ4n) is 1.31. The van der Waals surface area contributed by atoms with Crippen LogP contribution in [-0.4, -0.2) is 17.6 Å². The van der Waals surface area contributed by atoms with Crippen LogP contribution < -0.4 is 10.6 Å². The third-order valence-electron chi connectivity index (χ3n) is 2.26. The Morgan fingerprint density at radius 1 is 1.47 bits per heavy atom. The molecule has 108 valence electrons. The predicted octanol–water partition coefficient (Wildman–Crippen LogP) is 3.72. The average Bonchev–Trinajstić information content (AvgIpc) is 2.72. The molecule has 1 aromatic rings. The molecule has 0 spiro atoms. The quantitative estimate of drug-likeness (QED) is 0.813. The maximum absolute atomic E-state index is 12.3. The number of carbonyl (C=O) groups excluding carboxylic acids is 1. The third kappa shape index (κ3) is 5.91. The van der Waals surface area contributed by atoms with E-state index in [2.05, 4.69) is 29.5 Å². The SMILES string of the molecule is CC(C)CCCNC(=O)Nc1nc(C(F)(F)F)cs1. The monoisotopic (exact) mass is 295 g/mol. The second kappa shape index (κ2) is 6.74.